The fourth-order valence-electron chi connectivity index (χ4n) is 4.44. The van der Waals surface area contributed by atoms with E-state index >= 15 is 0 Å². The number of halogens is 2. The number of hydrogen-bond donors (Lipinski definition) is 1. The van der Waals surface area contributed by atoms with E-state index in [1.807, 2.05) is 50.2 Å². The van der Waals surface area contributed by atoms with Gasteiger partial charge in [-0.05, 0) is 49.1 Å². The fourth-order valence-corrected chi connectivity index (χ4v) is 5.60. The van der Waals surface area contributed by atoms with Gasteiger partial charge in [-0.25, -0.2) is 12.8 Å². The van der Waals surface area contributed by atoms with Crippen molar-refractivity contribution in [2.45, 2.75) is 58.2 Å². The second kappa shape index (κ2) is 15.0. The molecule has 3 rings (SSSR count). The molecule has 3 aromatic rings. The number of anilines is 1. The summed E-state index contributed by atoms with van der Waals surface area (Å²) in [5, 5.41) is 3.48. The van der Waals surface area contributed by atoms with Crippen LogP contribution in [0.5, 0.6) is 0 Å². The molecule has 2 atom stereocenters. The summed E-state index contributed by atoms with van der Waals surface area (Å²) in [5.41, 5.74) is 1.49. The molecule has 0 bridgehead atoms. The number of benzene rings is 3. The van der Waals surface area contributed by atoms with E-state index in [2.05, 4.69) is 5.32 Å². The number of rotatable bonds is 14. The predicted octanol–water partition coefficient (Wildman–Crippen LogP) is 5.58. The van der Waals surface area contributed by atoms with Gasteiger partial charge in [0.15, 0.2) is 0 Å². The predicted molar refractivity (Wildman–Crippen MR) is 162 cm³/mol. The number of carbonyl (C=O) groups excluding carboxylic acids is 2. The van der Waals surface area contributed by atoms with Crippen LogP contribution in [0.25, 0.3) is 0 Å². The van der Waals surface area contributed by atoms with Crippen molar-refractivity contribution in [2.75, 3.05) is 17.1 Å². The van der Waals surface area contributed by atoms with Gasteiger partial charge in [-0.2, -0.15) is 0 Å². The Balaban J connectivity index is 1.91. The Morgan fingerprint density at radius 1 is 0.976 bits per heavy atom. The van der Waals surface area contributed by atoms with Crippen molar-refractivity contribution >= 4 is 39.1 Å². The third kappa shape index (κ3) is 9.30. The van der Waals surface area contributed by atoms with Crippen LogP contribution in [0.3, 0.4) is 0 Å². The third-order valence-electron chi connectivity index (χ3n) is 6.84. The summed E-state index contributed by atoms with van der Waals surface area (Å²) in [6.07, 6.45) is 2.06. The zero-order valence-electron chi connectivity index (χ0n) is 23.6. The zero-order valence-corrected chi connectivity index (χ0v) is 25.2. The van der Waals surface area contributed by atoms with Gasteiger partial charge in [-0.15, -0.1) is 0 Å². The van der Waals surface area contributed by atoms with E-state index in [0.717, 1.165) is 22.5 Å². The Labute approximate surface area is 247 Å². The van der Waals surface area contributed by atoms with Gasteiger partial charge in [0.1, 0.15) is 11.9 Å². The SMILES string of the molecule is CCC(C)NC(=O)C(Cc1ccccc1)N(Cc1ccccc1Cl)C(=O)CCCN(c1ccccc1F)S(C)(=O)=O. The Morgan fingerprint density at radius 2 is 1.61 bits per heavy atom. The topological polar surface area (TPSA) is 86.8 Å². The van der Waals surface area contributed by atoms with Gasteiger partial charge in [0.2, 0.25) is 21.8 Å². The average molecular weight is 602 g/mol. The summed E-state index contributed by atoms with van der Waals surface area (Å²) in [6.45, 7) is 3.86. The number of carbonyl (C=O) groups is 2. The van der Waals surface area contributed by atoms with Crippen molar-refractivity contribution in [1.29, 1.82) is 0 Å². The van der Waals surface area contributed by atoms with E-state index in [-0.39, 0.29) is 55.9 Å². The quantitative estimate of drug-likeness (QED) is 0.261. The molecule has 0 aliphatic rings. The van der Waals surface area contributed by atoms with Crippen LogP contribution in [0.4, 0.5) is 10.1 Å². The van der Waals surface area contributed by atoms with E-state index < -0.39 is 21.9 Å². The lowest BCUT2D eigenvalue weighted by molar-refractivity contribution is -0.141. The Hall–Kier alpha value is -3.43. The molecule has 2 unspecified atom stereocenters. The summed E-state index contributed by atoms with van der Waals surface area (Å²) in [4.78, 5) is 29.0. The molecule has 2 amide bonds. The highest BCUT2D eigenvalue weighted by Gasteiger charge is 2.31. The van der Waals surface area contributed by atoms with Gasteiger partial charge in [0.05, 0.1) is 11.9 Å². The molecule has 0 saturated heterocycles. The molecule has 0 aliphatic heterocycles. The molecule has 0 spiro atoms. The molecule has 0 aliphatic carbocycles. The smallest absolute Gasteiger partial charge is 0.243 e. The van der Waals surface area contributed by atoms with Gasteiger partial charge in [0.25, 0.3) is 0 Å². The summed E-state index contributed by atoms with van der Waals surface area (Å²) in [7, 11) is -3.81. The van der Waals surface area contributed by atoms with E-state index in [4.69, 9.17) is 11.6 Å². The van der Waals surface area contributed by atoms with Crippen molar-refractivity contribution in [3.63, 3.8) is 0 Å². The van der Waals surface area contributed by atoms with E-state index in [1.54, 1.807) is 24.3 Å². The van der Waals surface area contributed by atoms with Crippen LogP contribution in [0, 0.1) is 5.82 Å². The van der Waals surface area contributed by atoms with E-state index in [9.17, 15) is 22.4 Å². The first kappa shape index (κ1) is 32.1. The minimum atomic E-state index is -3.81. The van der Waals surface area contributed by atoms with Crippen LogP contribution in [0.1, 0.15) is 44.2 Å². The fraction of sp³-hybridized carbons (Fsp3) is 0.355. The van der Waals surface area contributed by atoms with Crippen molar-refractivity contribution in [3.8, 4) is 0 Å². The number of amides is 2. The lowest BCUT2D eigenvalue weighted by Crippen LogP contribution is -2.52. The molecule has 41 heavy (non-hydrogen) atoms. The standard InChI is InChI=1S/C31H37ClFN3O4S/c1-4-23(2)34-31(38)29(21-24-13-6-5-7-14-24)35(22-25-15-8-9-16-26(25)32)30(37)19-12-20-36(41(3,39)40)28-18-11-10-17-27(28)33/h5-11,13-18,23,29H,4,12,19-22H2,1-3H3,(H,34,38). The highest BCUT2D eigenvalue weighted by atomic mass is 35.5. The van der Waals surface area contributed by atoms with Crippen LogP contribution in [-0.4, -0.2) is 50.0 Å². The molecule has 1 N–H and O–H groups in total. The molecule has 3 aromatic carbocycles. The van der Waals surface area contributed by atoms with Crippen molar-refractivity contribution in [2.24, 2.45) is 0 Å². The Morgan fingerprint density at radius 3 is 2.24 bits per heavy atom. The van der Waals surface area contributed by atoms with Gasteiger partial charge in [-0.3, -0.25) is 13.9 Å². The monoisotopic (exact) mass is 601 g/mol. The van der Waals surface area contributed by atoms with Crippen molar-refractivity contribution in [3.05, 3.63) is 101 Å². The lowest BCUT2D eigenvalue weighted by atomic mass is 10.0. The second-order valence-corrected chi connectivity index (χ2v) is 12.3. The first-order valence-corrected chi connectivity index (χ1v) is 15.8. The molecule has 10 heteroatoms. The van der Waals surface area contributed by atoms with Crippen LogP contribution < -0.4 is 9.62 Å². The molecule has 0 aromatic heterocycles. The van der Waals surface area contributed by atoms with Gasteiger partial charge >= 0.3 is 0 Å². The van der Waals surface area contributed by atoms with E-state index in [1.165, 1.54) is 23.1 Å². The first-order valence-electron chi connectivity index (χ1n) is 13.6. The normalized spacial score (nSPS) is 12.8. The highest BCUT2D eigenvalue weighted by Crippen LogP contribution is 2.24. The third-order valence-corrected chi connectivity index (χ3v) is 8.39. The number of hydrogen-bond acceptors (Lipinski definition) is 4. The maximum Gasteiger partial charge on any atom is 0.243 e. The second-order valence-electron chi connectivity index (χ2n) is 10.0. The highest BCUT2D eigenvalue weighted by molar-refractivity contribution is 7.92. The van der Waals surface area contributed by atoms with Crippen LogP contribution in [-0.2, 0) is 32.6 Å². The molecular formula is C31H37ClFN3O4S. The Kier molecular flexibility index (Phi) is 11.7. The minimum Gasteiger partial charge on any atom is -0.352 e. The summed E-state index contributed by atoms with van der Waals surface area (Å²) >= 11 is 6.46. The van der Waals surface area contributed by atoms with Crippen LogP contribution in [0.2, 0.25) is 5.02 Å². The number of nitrogens with zero attached hydrogens (tertiary/aromatic N) is 2. The lowest BCUT2D eigenvalue weighted by Gasteiger charge is -2.33. The molecular weight excluding hydrogens is 565 g/mol. The molecule has 0 fully saturated rings. The largest absolute Gasteiger partial charge is 0.352 e. The maximum atomic E-state index is 14.5. The molecule has 0 radical (unpaired) electrons. The van der Waals surface area contributed by atoms with Crippen LogP contribution >= 0.6 is 11.6 Å². The number of para-hydroxylation sites is 1. The molecule has 0 heterocycles. The minimum absolute atomic E-state index is 0.0627. The van der Waals surface area contributed by atoms with Gasteiger partial charge < -0.3 is 10.2 Å². The van der Waals surface area contributed by atoms with Crippen molar-refractivity contribution in [1.82, 2.24) is 10.2 Å². The van der Waals surface area contributed by atoms with Crippen LogP contribution in [0.15, 0.2) is 78.9 Å². The van der Waals surface area contributed by atoms with Gasteiger partial charge in [-0.1, -0.05) is 79.2 Å². The maximum absolute atomic E-state index is 14.5. The summed E-state index contributed by atoms with van der Waals surface area (Å²) in [5.74, 6) is -1.30. The molecule has 7 nitrogen and oxygen atoms in total. The summed E-state index contributed by atoms with van der Waals surface area (Å²) < 4.78 is 40.4. The molecule has 220 valence electrons. The van der Waals surface area contributed by atoms with Gasteiger partial charge in [0, 0.05) is 37.0 Å². The van der Waals surface area contributed by atoms with E-state index in [0.29, 0.717) is 10.6 Å². The molecule has 0 saturated carbocycles. The Bertz CT molecular complexity index is 1420. The summed E-state index contributed by atoms with van der Waals surface area (Å²) in [6, 6.07) is 21.2. The number of nitrogens with one attached hydrogen (secondary N) is 1. The zero-order chi connectivity index (χ0) is 30.0. The van der Waals surface area contributed by atoms with Crippen molar-refractivity contribution < 1.29 is 22.4 Å². The number of sulfonamides is 1. The average Bonchev–Trinajstić information content (AvgIpc) is 2.94. The first-order chi connectivity index (χ1) is 19.5.